The smallest absolute Gasteiger partial charge is 0.241 e. The molecule has 1 aliphatic rings. The molecule has 0 aromatic heterocycles. The summed E-state index contributed by atoms with van der Waals surface area (Å²) in [5.41, 5.74) is 1.02. The highest BCUT2D eigenvalue weighted by atomic mass is 16.5. The van der Waals surface area contributed by atoms with Gasteiger partial charge in [-0.3, -0.25) is 4.79 Å². The Bertz CT molecular complexity index is 595. The van der Waals surface area contributed by atoms with E-state index in [0.717, 1.165) is 17.9 Å². The quantitative estimate of drug-likeness (QED) is 0.579. The summed E-state index contributed by atoms with van der Waals surface area (Å²) in [6.07, 6.45) is 6.51. The number of carbonyl (C=O) groups excluding carboxylic acids is 1. The summed E-state index contributed by atoms with van der Waals surface area (Å²) >= 11 is 0. The third kappa shape index (κ3) is 6.58. The van der Waals surface area contributed by atoms with E-state index in [1.807, 2.05) is 24.3 Å². The van der Waals surface area contributed by atoms with Crippen LogP contribution < -0.4 is 15.4 Å². The Morgan fingerprint density at radius 2 is 1.92 bits per heavy atom. The minimum atomic E-state index is 0.0226. The van der Waals surface area contributed by atoms with E-state index in [9.17, 15) is 4.79 Å². The maximum Gasteiger partial charge on any atom is 0.241 e. The van der Waals surface area contributed by atoms with Crippen molar-refractivity contribution in [3.8, 4) is 5.75 Å². The minimum Gasteiger partial charge on any atom is -0.496 e. The molecule has 0 bridgehead atoms. The molecule has 2 rings (SSSR count). The van der Waals surface area contributed by atoms with E-state index in [1.165, 1.54) is 32.1 Å². The van der Waals surface area contributed by atoms with Gasteiger partial charge in [-0.2, -0.15) is 0 Å². The van der Waals surface area contributed by atoms with Crippen molar-refractivity contribution in [3.05, 3.63) is 29.8 Å². The number of nitrogens with one attached hydrogen (secondary N) is 2. The van der Waals surface area contributed by atoms with Crippen LogP contribution in [-0.2, 0) is 11.3 Å². The van der Waals surface area contributed by atoms with Gasteiger partial charge in [-0.25, -0.2) is 4.99 Å². The SMILES string of the molecule is COc1ccccc1CN=C(NCC(=O)N(C)C)NCC1CCCCC1. The molecule has 1 fully saturated rings. The lowest BCUT2D eigenvalue weighted by molar-refractivity contribution is -0.127. The van der Waals surface area contributed by atoms with Crippen LogP contribution in [0.25, 0.3) is 0 Å². The van der Waals surface area contributed by atoms with Gasteiger partial charge in [0, 0.05) is 26.2 Å². The highest BCUT2D eigenvalue weighted by molar-refractivity contribution is 5.86. The second-order valence-electron chi connectivity index (χ2n) is 7.00. The number of nitrogens with zero attached hydrogens (tertiary/aromatic N) is 2. The standard InChI is InChI=1S/C20H32N4O2/c1-24(2)19(25)15-23-20(21-13-16-9-5-4-6-10-16)22-14-17-11-7-8-12-18(17)26-3/h7-8,11-12,16H,4-6,9-10,13-15H2,1-3H3,(H2,21,22,23). The number of aliphatic imine (C=N–C) groups is 1. The molecular formula is C20H32N4O2. The summed E-state index contributed by atoms with van der Waals surface area (Å²) in [6.45, 7) is 1.63. The van der Waals surface area contributed by atoms with E-state index in [2.05, 4.69) is 15.6 Å². The summed E-state index contributed by atoms with van der Waals surface area (Å²) in [5.74, 6) is 2.21. The molecule has 0 spiro atoms. The molecule has 0 radical (unpaired) electrons. The van der Waals surface area contributed by atoms with Crippen molar-refractivity contribution in [2.24, 2.45) is 10.9 Å². The van der Waals surface area contributed by atoms with Crippen molar-refractivity contribution in [1.82, 2.24) is 15.5 Å². The third-order valence-corrected chi connectivity index (χ3v) is 4.79. The molecule has 6 nitrogen and oxygen atoms in total. The molecule has 0 saturated heterocycles. The fraction of sp³-hybridized carbons (Fsp3) is 0.600. The minimum absolute atomic E-state index is 0.0226. The van der Waals surface area contributed by atoms with Crippen molar-refractivity contribution < 1.29 is 9.53 Å². The Hall–Kier alpha value is -2.24. The van der Waals surface area contributed by atoms with Crippen LogP contribution in [0.3, 0.4) is 0 Å². The number of hydrogen-bond donors (Lipinski definition) is 2. The molecule has 1 aromatic carbocycles. The molecular weight excluding hydrogens is 328 g/mol. The number of ether oxygens (including phenoxy) is 1. The van der Waals surface area contributed by atoms with Gasteiger partial charge in [-0.15, -0.1) is 0 Å². The monoisotopic (exact) mass is 360 g/mol. The van der Waals surface area contributed by atoms with E-state index >= 15 is 0 Å². The van der Waals surface area contributed by atoms with Gasteiger partial charge in [0.15, 0.2) is 5.96 Å². The van der Waals surface area contributed by atoms with Gasteiger partial charge >= 0.3 is 0 Å². The summed E-state index contributed by atoms with van der Waals surface area (Å²) in [4.78, 5) is 18.1. The predicted octanol–water partition coefficient (Wildman–Crippen LogP) is 2.40. The number of rotatable bonds is 7. The number of methoxy groups -OCH3 is 1. The Kier molecular flexibility index (Phi) is 8.25. The average Bonchev–Trinajstić information content (AvgIpc) is 2.68. The summed E-state index contributed by atoms with van der Waals surface area (Å²) in [7, 11) is 5.18. The number of benzene rings is 1. The summed E-state index contributed by atoms with van der Waals surface area (Å²) in [6, 6.07) is 7.86. The van der Waals surface area contributed by atoms with Gasteiger partial charge in [-0.05, 0) is 24.8 Å². The normalized spacial score (nSPS) is 15.4. The molecule has 26 heavy (non-hydrogen) atoms. The summed E-state index contributed by atoms with van der Waals surface area (Å²) in [5, 5.41) is 6.57. The number of guanidine groups is 1. The van der Waals surface area contributed by atoms with Crippen LogP contribution in [0.15, 0.2) is 29.3 Å². The second-order valence-corrected chi connectivity index (χ2v) is 7.00. The molecule has 2 N–H and O–H groups in total. The number of hydrogen-bond acceptors (Lipinski definition) is 3. The maximum atomic E-state index is 11.9. The van der Waals surface area contributed by atoms with E-state index in [-0.39, 0.29) is 12.5 Å². The molecule has 1 amide bonds. The first kappa shape index (κ1) is 20.1. The molecule has 0 atom stereocenters. The topological polar surface area (TPSA) is 66.0 Å². The van der Waals surface area contributed by atoms with Crippen LogP contribution in [0.4, 0.5) is 0 Å². The summed E-state index contributed by atoms with van der Waals surface area (Å²) < 4.78 is 5.39. The van der Waals surface area contributed by atoms with Crippen LogP contribution >= 0.6 is 0 Å². The lowest BCUT2D eigenvalue weighted by atomic mass is 9.89. The molecule has 0 aliphatic heterocycles. The van der Waals surface area contributed by atoms with Crippen molar-refractivity contribution in [1.29, 1.82) is 0 Å². The fourth-order valence-electron chi connectivity index (χ4n) is 3.12. The highest BCUT2D eigenvalue weighted by Crippen LogP contribution is 2.22. The van der Waals surface area contributed by atoms with Gasteiger partial charge in [0.05, 0.1) is 20.2 Å². The number of likely N-dealkylation sites (N-methyl/N-ethyl adjacent to an activating group) is 1. The second kappa shape index (κ2) is 10.7. The van der Waals surface area contributed by atoms with Gasteiger partial charge < -0.3 is 20.3 Å². The molecule has 1 aromatic rings. The van der Waals surface area contributed by atoms with Crippen LogP contribution in [-0.4, -0.2) is 51.1 Å². The maximum absolute atomic E-state index is 11.9. The third-order valence-electron chi connectivity index (χ3n) is 4.79. The Morgan fingerprint density at radius 1 is 1.19 bits per heavy atom. The zero-order valence-electron chi connectivity index (χ0n) is 16.3. The Balaban J connectivity index is 1.98. The van der Waals surface area contributed by atoms with Crippen LogP contribution in [0.1, 0.15) is 37.7 Å². The number of amides is 1. The first-order valence-corrected chi connectivity index (χ1v) is 9.44. The lowest BCUT2D eigenvalue weighted by Crippen LogP contribution is -2.44. The van der Waals surface area contributed by atoms with Gasteiger partial charge in [-0.1, -0.05) is 37.5 Å². The van der Waals surface area contributed by atoms with Gasteiger partial charge in [0.1, 0.15) is 5.75 Å². The Morgan fingerprint density at radius 3 is 2.62 bits per heavy atom. The van der Waals surface area contributed by atoms with E-state index in [4.69, 9.17) is 4.74 Å². The molecule has 1 aliphatic carbocycles. The first-order chi connectivity index (χ1) is 12.6. The number of para-hydroxylation sites is 1. The zero-order valence-corrected chi connectivity index (χ0v) is 16.3. The highest BCUT2D eigenvalue weighted by Gasteiger charge is 2.14. The molecule has 144 valence electrons. The first-order valence-electron chi connectivity index (χ1n) is 9.44. The number of carbonyl (C=O) groups is 1. The molecule has 0 heterocycles. The van der Waals surface area contributed by atoms with Gasteiger partial charge in [0.2, 0.25) is 5.91 Å². The van der Waals surface area contributed by atoms with Crippen LogP contribution in [0.5, 0.6) is 5.75 Å². The van der Waals surface area contributed by atoms with Crippen LogP contribution in [0.2, 0.25) is 0 Å². The van der Waals surface area contributed by atoms with Crippen molar-refractivity contribution in [2.45, 2.75) is 38.6 Å². The Labute approximate surface area is 157 Å². The molecule has 6 heteroatoms. The molecule has 0 unspecified atom stereocenters. The predicted molar refractivity (Wildman–Crippen MR) is 105 cm³/mol. The lowest BCUT2D eigenvalue weighted by Gasteiger charge is -2.23. The van der Waals surface area contributed by atoms with Crippen LogP contribution in [0, 0.1) is 5.92 Å². The van der Waals surface area contributed by atoms with Crippen molar-refractivity contribution in [3.63, 3.8) is 0 Å². The zero-order chi connectivity index (χ0) is 18.8. The van der Waals surface area contributed by atoms with Gasteiger partial charge in [0.25, 0.3) is 0 Å². The largest absolute Gasteiger partial charge is 0.496 e. The van der Waals surface area contributed by atoms with E-state index in [0.29, 0.717) is 18.4 Å². The average molecular weight is 361 g/mol. The van der Waals surface area contributed by atoms with Crippen molar-refractivity contribution in [2.75, 3.05) is 34.3 Å². The fourth-order valence-corrected chi connectivity index (χ4v) is 3.12. The molecule has 1 saturated carbocycles. The van der Waals surface area contributed by atoms with E-state index in [1.54, 1.807) is 26.1 Å². The van der Waals surface area contributed by atoms with Crippen molar-refractivity contribution >= 4 is 11.9 Å². The van der Waals surface area contributed by atoms with E-state index < -0.39 is 0 Å².